The normalized spacial score (nSPS) is 16.4. The third-order valence-electron chi connectivity index (χ3n) is 5.13. The highest BCUT2D eigenvalue weighted by Gasteiger charge is 2.31. The van der Waals surface area contributed by atoms with E-state index in [0.717, 1.165) is 23.8 Å². The van der Waals surface area contributed by atoms with Crippen molar-refractivity contribution in [1.29, 1.82) is 0 Å². The fraction of sp³-hybridized carbons (Fsp3) is 0.381. The van der Waals surface area contributed by atoms with Crippen LogP contribution in [0.1, 0.15) is 17.2 Å². The third-order valence-corrected chi connectivity index (χ3v) is 6.53. The van der Waals surface area contributed by atoms with E-state index in [9.17, 15) is 30.8 Å². The lowest BCUT2D eigenvalue weighted by molar-refractivity contribution is -0.137. The first-order chi connectivity index (χ1) is 15.6. The van der Waals surface area contributed by atoms with Gasteiger partial charge in [0.15, 0.2) is 0 Å². The Morgan fingerprint density at radius 2 is 1.76 bits per heavy atom. The number of sulfonamides is 1. The number of nitrogens with one attached hydrogen (secondary N) is 2. The van der Waals surface area contributed by atoms with Crippen LogP contribution in [-0.2, 0) is 25.7 Å². The van der Waals surface area contributed by atoms with Crippen LogP contribution in [-0.4, -0.2) is 58.6 Å². The standard InChI is InChI=1S/C21H23F4N3O4S/c22-17-6-4-15(5-7-17)19(28-8-10-32-11-9-28)13-26-20(29)14-27-33(30,31)18-3-1-2-16(12-18)21(23,24)25/h1-7,12,19,27H,8-11,13-14H2,(H,26,29). The first-order valence-electron chi connectivity index (χ1n) is 10.1. The molecule has 0 bridgehead atoms. The Bertz CT molecular complexity index is 1060. The molecule has 0 aromatic heterocycles. The van der Waals surface area contributed by atoms with Gasteiger partial charge in [0.05, 0.1) is 36.3 Å². The zero-order valence-electron chi connectivity index (χ0n) is 17.4. The smallest absolute Gasteiger partial charge is 0.379 e. The van der Waals surface area contributed by atoms with E-state index in [1.165, 1.54) is 12.1 Å². The molecule has 1 amide bonds. The van der Waals surface area contributed by atoms with E-state index in [-0.39, 0.29) is 12.6 Å². The van der Waals surface area contributed by atoms with Gasteiger partial charge in [0.1, 0.15) is 5.82 Å². The highest BCUT2D eigenvalue weighted by atomic mass is 32.2. The zero-order chi connectivity index (χ0) is 24.1. The molecular weight excluding hydrogens is 466 g/mol. The minimum absolute atomic E-state index is 0.121. The molecule has 1 heterocycles. The van der Waals surface area contributed by atoms with Crippen molar-refractivity contribution in [3.05, 3.63) is 65.5 Å². The van der Waals surface area contributed by atoms with Gasteiger partial charge in [0.2, 0.25) is 15.9 Å². The molecular formula is C21H23F4N3O4S. The first-order valence-corrected chi connectivity index (χ1v) is 11.6. The highest BCUT2D eigenvalue weighted by molar-refractivity contribution is 7.89. The van der Waals surface area contributed by atoms with Crippen LogP contribution in [0.4, 0.5) is 17.6 Å². The van der Waals surface area contributed by atoms with Crippen LogP contribution in [0.5, 0.6) is 0 Å². The Kier molecular flexibility index (Phi) is 8.05. The number of amides is 1. The second kappa shape index (κ2) is 10.6. The molecule has 0 saturated carbocycles. The number of nitrogens with zero attached hydrogens (tertiary/aromatic N) is 1. The van der Waals surface area contributed by atoms with E-state index >= 15 is 0 Å². The average Bonchev–Trinajstić information content (AvgIpc) is 2.79. The van der Waals surface area contributed by atoms with Gasteiger partial charge >= 0.3 is 6.18 Å². The topological polar surface area (TPSA) is 87.7 Å². The molecule has 2 aromatic rings. The summed E-state index contributed by atoms with van der Waals surface area (Å²) in [6.07, 6.45) is -4.70. The number of alkyl halides is 3. The number of morpholine rings is 1. The van der Waals surface area contributed by atoms with Crippen LogP contribution in [0.15, 0.2) is 53.4 Å². The predicted octanol–water partition coefficient (Wildman–Crippen LogP) is 2.31. The second-order valence-corrected chi connectivity index (χ2v) is 9.14. The molecule has 1 aliphatic rings. The van der Waals surface area contributed by atoms with Gasteiger partial charge < -0.3 is 10.1 Å². The number of carbonyl (C=O) groups is 1. The number of benzene rings is 2. The van der Waals surface area contributed by atoms with Gasteiger partial charge in [-0.3, -0.25) is 9.69 Å². The van der Waals surface area contributed by atoms with Gasteiger partial charge in [-0.25, -0.2) is 17.5 Å². The molecule has 12 heteroatoms. The van der Waals surface area contributed by atoms with Gasteiger partial charge in [0.25, 0.3) is 0 Å². The molecule has 7 nitrogen and oxygen atoms in total. The minimum atomic E-state index is -4.70. The third kappa shape index (κ3) is 6.97. The maximum atomic E-state index is 13.3. The Morgan fingerprint density at radius 1 is 1.09 bits per heavy atom. The number of hydrogen-bond acceptors (Lipinski definition) is 5. The van der Waals surface area contributed by atoms with Crippen LogP contribution in [0.2, 0.25) is 0 Å². The van der Waals surface area contributed by atoms with E-state index < -0.39 is 44.9 Å². The van der Waals surface area contributed by atoms with E-state index in [1.807, 2.05) is 4.72 Å². The Balaban J connectivity index is 1.62. The van der Waals surface area contributed by atoms with Crippen LogP contribution in [0, 0.1) is 5.82 Å². The SMILES string of the molecule is O=C(CNS(=O)(=O)c1cccc(C(F)(F)F)c1)NCC(c1ccc(F)cc1)N1CCOCC1. The molecule has 1 aliphatic heterocycles. The fourth-order valence-electron chi connectivity index (χ4n) is 3.39. The molecule has 180 valence electrons. The summed E-state index contributed by atoms with van der Waals surface area (Å²) in [7, 11) is -4.33. The molecule has 0 aliphatic carbocycles. The lowest BCUT2D eigenvalue weighted by Crippen LogP contribution is -2.45. The summed E-state index contributed by atoms with van der Waals surface area (Å²) in [6.45, 7) is 1.67. The number of halogens is 4. The van der Waals surface area contributed by atoms with E-state index in [2.05, 4.69) is 10.2 Å². The number of ether oxygens (including phenoxy) is 1. The van der Waals surface area contributed by atoms with Gasteiger partial charge in [0, 0.05) is 19.6 Å². The largest absolute Gasteiger partial charge is 0.416 e. The molecule has 2 aromatic carbocycles. The highest BCUT2D eigenvalue weighted by Crippen LogP contribution is 2.30. The molecule has 33 heavy (non-hydrogen) atoms. The number of rotatable bonds is 8. The fourth-order valence-corrected chi connectivity index (χ4v) is 4.42. The molecule has 1 saturated heterocycles. The van der Waals surface area contributed by atoms with Gasteiger partial charge in [-0.15, -0.1) is 0 Å². The van der Waals surface area contributed by atoms with Crippen LogP contribution in [0.25, 0.3) is 0 Å². The Morgan fingerprint density at radius 3 is 2.39 bits per heavy atom. The van der Waals surface area contributed by atoms with Crippen molar-refractivity contribution >= 4 is 15.9 Å². The Labute approximate surface area is 188 Å². The minimum Gasteiger partial charge on any atom is -0.379 e. The molecule has 1 atom stereocenters. The van der Waals surface area contributed by atoms with Crippen molar-refractivity contribution in [3.8, 4) is 0 Å². The average molecular weight is 489 g/mol. The summed E-state index contributed by atoms with van der Waals surface area (Å²) >= 11 is 0. The van der Waals surface area contributed by atoms with Crippen molar-refractivity contribution in [3.63, 3.8) is 0 Å². The summed E-state index contributed by atoms with van der Waals surface area (Å²) in [5, 5.41) is 2.63. The summed E-state index contributed by atoms with van der Waals surface area (Å²) in [5.41, 5.74) is -0.342. The molecule has 1 fully saturated rings. The van der Waals surface area contributed by atoms with Gasteiger partial charge in [-0.1, -0.05) is 18.2 Å². The van der Waals surface area contributed by atoms with E-state index in [1.54, 1.807) is 12.1 Å². The van der Waals surface area contributed by atoms with Crippen molar-refractivity contribution in [2.45, 2.75) is 17.1 Å². The lowest BCUT2D eigenvalue weighted by atomic mass is 10.0. The van der Waals surface area contributed by atoms with Crippen LogP contribution in [0.3, 0.4) is 0 Å². The van der Waals surface area contributed by atoms with Gasteiger partial charge in [-0.2, -0.15) is 13.2 Å². The monoisotopic (exact) mass is 489 g/mol. The lowest BCUT2D eigenvalue weighted by Gasteiger charge is -2.35. The summed E-state index contributed by atoms with van der Waals surface area (Å²) in [6, 6.07) is 8.80. The molecule has 1 unspecified atom stereocenters. The summed E-state index contributed by atoms with van der Waals surface area (Å²) < 4.78 is 83.9. The molecule has 2 N–H and O–H groups in total. The molecule has 0 radical (unpaired) electrons. The predicted molar refractivity (Wildman–Crippen MR) is 111 cm³/mol. The quantitative estimate of drug-likeness (QED) is 0.556. The summed E-state index contributed by atoms with van der Waals surface area (Å²) in [4.78, 5) is 13.8. The summed E-state index contributed by atoms with van der Waals surface area (Å²) in [5.74, 6) is -1.06. The van der Waals surface area contributed by atoms with Gasteiger partial charge in [-0.05, 0) is 35.9 Å². The Hall–Kier alpha value is -2.54. The van der Waals surface area contributed by atoms with Crippen molar-refractivity contribution < 1.29 is 35.5 Å². The first kappa shape index (κ1) is 25.1. The number of carbonyl (C=O) groups excluding carboxylic acids is 1. The molecule has 0 spiro atoms. The maximum Gasteiger partial charge on any atom is 0.416 e. The maximum absolute atomic E-state index is 13.3. The van der Waals surface area contributed by atoms with Crippen LogP contribution < -0.4 is 10.0 Å². The van der Waals surface area contributed by atoms with Crippen molar-refractivity contribution in [2.24, 2.45) is 0 Å². The van der Waals surface area contributed by atoms with E-state index in [4.69, 9.17) is 4.74 Å². The second-order valence-electron chi connectivity index (χ2n) is 7.37. The zero-order valence-corrected chi connectivity index (χ0v) is 18.3. The van der Waals surface area contributed by atoms with Crippen molar-refractivity contribution in [1.82, 2.24) is 14.9 Å². The molecule has 3 rings (SSSR count). The van der Waals surface area contributed by atoms with Crippen molar-refractivity contribution in [2.75, 3.05) is 39.4 Å². The van der Waals surface area contributed by atoms with Crippen LogP contribution >= 0.6 is 0 Å². The van der Waals surface area contributed by atoms with E-state index in [0.29, 0.717) is 32.4 Å². The number of hydrogen-bond donors (Lipinski definition) is 2.